The molecule has 0 N–H and O–H groups in total. The number of rotatable bonds is 4. The lowest BCUT2D eigenvalue weighted by atomic mass is 10.1. The van der Waals surface area contributed by atoms with Gasteiger partial charge in [0, 0.05) is 13.1 Å². The van der Waals surface area contributed by atoms with Crippen LogP contribution in [0.25, 0.3) is 0 Å². The predicted octanol–water partition coefficient (Wildman–Crippen LogP) is 2.51. The van der Waals surface area contributed by atoms with E-state index in [0.29, 0.717) is 13.1 Å². The van der Waals surface area contributed by atoms with E-state index in [2.05, 4.69) is 0 Å². The molecule has 0 bridgehead atoms. The molecule has 0 saturated carbocycles. The Bertz CT molecular complexity index is 451. The van der Waals surface area contributed by atoms with Crippen LogP contribution in [0, 0.1) is 24.1 Å². The third-order valence-electron chi connectivity index (χ3n) is 2.52. The van der Waals surface area contributed by atoms with E-state index in [0.717, 1.165) is 5.56 Å². The zero-order valence-corrected chi connectivity index (χ0v) is 10.0. The SMILES string of the molecule is CCN(CCC#N)C(=O)c1ccc(C)cc1F. The Hall–Kier alpha value is -1.89. The van der Waals surface area contributed by atoms with Crippen LogP contribution < -0.4 is 0 Å². The van der Waals surface area contributed by atoms with Gasteiger partial charge in [-0.1, -0.05) is 6.07 Å². The summed E-state index contributed by atoms with van der Waals surface area (Å²) in [7, 11) is 0. The van der Waals surface area contributed by atoms with Crippen LogP contribution in [0.2, 0.25) is 0 Å². The molecule has 0 radical (unpaired) electrons. The lowest BCUT2D eigenvalue weighted by Crippen LogP contribution is -2.32. The second-order valence-corrected chi connectivity index (χ2v) is 3.78. The normalized spacial score (nSPS) is 9.76. The minimum atomic E-state index is -0.509. The van der Waals surface area contributed by atoms with Crippen LogP contribution in [0.1, 0.15) is 29.3 Å². The van der Waals surface area contributed by atoms with Gasteiger partial charge in [-0.15, -0.1) is 0 Å². The molecule has 1 amide bonds. The molecule has 0 aliphatic heterocycles. The number of hydrogen-bond donors (Lipinski definition) is 0. The van der Waals surface area contributed by atoms with Gasteiger partial charge in [-0.25, -0.2) is 4.39 Å². The lowest BCUT2D eigenvalue weighted by molar-refractivity contribution is 0.0763. The molecule has 0 aliphatic rings. The molecule has 1 aromatic rings. The maximum atomic E-state index is 13.6. The van der Waals surface area contributed by atoms with E-state index >= 15 is 0 Å². The Morgan fingerprint density at radius 3 is 2.76 bits per heavy atom. The van der Waals surface area contributed by atoms with E-state index in [1.807, 2.05) is 6.07 Å². The first-order valence-electron chi connectivity index (χ1n) is 5.52. The number of carbonyl (C=O) groups excluding carboxylic acids is 1. The molecule has 3 nitrogen and oxygen atoms in total. The first-order chi connectivity index (χ1) is 8.10. The first-order valence-corrected chi connectivity index (χ1v) is 5.52. The molecular weight excluding hydrogens is 219 g/mol. The van der Waals surface area contributed by atoms with Crippen LogP contribution in [-0.4, -0.2) is 23.9 Å². The van der Waals surface area contributed by atoms with Gasteiger partial charge in [0.2, 0.25) is 0 Å². The molecule has 0 fully saturated rings. The zero-order chi connectivity index (χ0) is 12.8. The van der Waals surface area contributed by atoms with Crippen molar-refractivity contribution in [3.05, 3.63) is 35.1 Å². The van der Waals surface area contributed by atoms with Gasteiger partial charge in [0.05, 0.1) is 18.1 Å². The second kappa shape index (κ2) is 6.00. The highest BCUT2D eigenvalue weighted by atomic mass is 19.1. The molecular formula is C13H15FN2O. The fourth-order valence-electron chi connectivity index (χ4n) is 1.55. The lowest BCUT2D eigenvalue weighted by Gasteiger charge is -2.19. The van der Waals surface area contributed by atoms with Crippen molar-refractivity contribution in [2.24, 2.45) is 0 Å². The number of nitriles is 1. The molecule has 17 heavy (non-hydrogen) atoms. The largest absolute Gasteiger partial charge is 0.338 e. The minimum absolute atomic E-state index is 0.0652. The third kappa shape index (κ3) is 3.28. The quantitative estimate of drug-likeness (QED) is 0.803. The maximum Gasteiger partial charge on any atom is 0.256 e. The van der Waals surface area contributed by atoms with E-state index in [1.165, 1.54) is 17.0 Å². The molecule has 0 saturated heterocycles. The van der Waals surface area contributed by atoms with Crippen molar-refractivity contribution in [1.29, 1.82) is 5.26 Å². The summed E-state index contributed by atoms with van der Waals surface area (Å²) in [5.41, 5.74) is 0.842. The molecule has 1 rings (SSSR count). The molecule has 0 aliphatic carbocycles. The summed E-state index contributed by atoms with van der Waals surface area (Å²) >= 11 is 0. The van der Waals surface area contributed by atoms with E-state index in [1.54, 1.807) is 19.9 Å². The highest BCUT2D eigenvalue weighted by molar-refractivity contribution is 5.94. The average Bonchev–Trinajstić information content (AvgIpc) is 2.29. The van der Waals surface area contributed by atoms with E-state index in [-0.39, 0.29) is 17.9 Å². The monoisotopic (exact) mass is 234 g/mol. The highest BCUT2D eigenvalue weighted by Gasteiger charge is 2.17. The summed E-state index contributed by atoms with van der Waals surface area (Å²) < 4.78 is 13.6. The Kier molecular flexibility index (Phi) is 4.65. The summed E-state index contributed by atoms with van der Waals surface area (Å²) in [6, 6.07) is 6.50. The molecule has 0 spiro atoms. The van der Waals surface area contributed by atoms with Gasteiger partial charge in [-0.05, 0) is 31.5 Å². The van der Waals surface area contributed by atoms with Gasteiger partial charge in [-0.3, -0.25) is 4.79 Å². The molecule has 4 heteroatoms. The number of amides is 1. The fourth-order valence-corrected chi connectivity index (χ4v) is 1.55. The van der Waals surface area contributed by atoms with Crippen molar-refractivity contribution >= 4 is 5.91 Å². The van der Waals surface area contributed by atoms with E-state index < -0.39 is 5.82 Å². The molecule has 0 unspecified atom stereocenters. The van der Waals surface area contributed by atoms with Crippen LogP contribution >= 0.6 is 0 Å². The minimum Gasteiger partial charge on any atom is -0.338 e. The highest BCUT2D eigenvalue weighted by Crippen LogP contribution is 2.12. The molecule has 0 atom stereocenters. The van der Waals surface area contributed by atoms with Crippen molar-refractivity contribution < 1.29 is 9.18 Å². The van der Waals surface area contributed by atoms with Crippen molar-refractivity contribution in [1.82, 2.24) is 4.90 Å². The zero-order valence-electron chi connectivity index (χ0n) is 10.0. The number of nitrogens with zero attached hydrogens (tertiary/aromatic N) is 2. The second-order valence-electron chi connectivity index (χ2n) is 3.78. The predicted molar refractivity (Wildman–Crippen MR) is 62.9 cm³/mol. The third-order valence-corrected chi connectivity index (χ3v) is 2.52. The van der Waals surface area contributed by atoms with Crippen molar-refractivity contribution in [2.45, 2.75) is 20.3 Å². The van der Waals surface area contributed by atoms with Crippen LogP contribution in [0.5, 0.6) is 0 Å². The van der Waals surface area contributed by atoms with Crippen molar-refractivity contribution in [3.63, 3.8) is 0 Å². The topological polar surface area (TPSA) is 44.1 Å². The van der Waals surface area contributed by atoms with Crippen LogP contribution in [0.3, 0.4) is 0 Å². The van der Waals surface area contributed by atoms with E-state index in [9.17, 15) is 9.18 Å². The first kappa shape index (κ1) is 13.2. The number of benzene rings is 1. The molecule has 0 aromatic heterocycles. The van der Waals surface area contributed by atoms with Crippen LogP contribution in [0.15, 0.2) is 18.2 Å². The maximum absolute atomic E-state index is 13.6. The Labute approximate surface area is 100 Å². The summed E-state index contributed by atoms with van der Waals surface area (Å²) in [4.78, 5) is 13.5. The van der Waals surface area contributed by atoms with Crippen molar-refractivity contribution in [3.8, 4) is 6.07 Å². The summed E-state index contributed by atoms with van der Waals surface area (Å²) in [5, 5.41) is 8.49. The molecule has 0 heterocycles. The Balaban J connectivity index is 2.90. The smallest absolute Gasteiger partial charge is 0.256 e. The van der Waals surface area contributed by atoms with Crippen LogP contribution in [-0.2, 0) is 0 Å². The van der Waals surface area contributed by atoms with Gasteiger partial charge in [0.25, 0.3) is 5.91 Å². The van der Waals surface area contributed by atoms with Gasteiger partial charge >= 0.3 is 0 Å². The molecule has 1 aromatic carbocycles. The molecule has 90 valence electrons. The number of hydrogen-bond acceptors (Lipinski definition) is 2. The van der Waals surface area contributed by atoms with Crippen LogP contribution in [0.4, 0.5) is 4.39 Å². The average molecular weight is 234 g/mol. The number of halogens is 1. The van der Waals surface area contributed by atoms with E-state index in [4.69, 9.17) is 5.26 Å². The summed E-state index contributed by atoms with van der Waals surface area (Å²) in [5.74, 6) is -0.870. The Morgan fingerprint density at radius 2 is 2.24 bits per heavy atom. The summed E-state index contributed by atoms with van der Waals surface area (Å²) in [6.07, 6.45) is 0.257. The standard InChI is InChI=1S/C13H15FN2O/c1-3-16(8-4-7-15)13(17)11-6-5-10(2)9-12(11)14/h5-6,9H,3-4,8H2,1-2H3. The van der Waals surface area contributed by atoms with Gasteiger partial charge in [0.15, 0.2) is 0 Å². The van der Waals surface area contributed by atoms with Gasteiger partial charge in [-0.2, -0.15) is 5.26 Å². The number of carbonyl (C=O) groups is 1. The van der Waals surface area contributed by atoms with Crippen molar-refractivity contribution in [2.75, 3.05) is 13.1 Å². The van der Waals surface area contributed by atoms with Gasteiger partial charge in [0.1, 0.15) is 5.82 Å². The summed E-state index contributed by atoms with van der Waals surface area (Å²) in [6.45, 7) is 4.37. The van der Waals surface area contributed by atoms with Gasteiger partial charge < -0.3 is 4.90 Å². The number of aryl methyl sites for hydroxylation is 1. The Morgan fingerprint density at radius 1 is 1.53 bits per heavy atom. The fraction of sp³-hybridized carbons (Fsp3) is 0.385.